The number of benzene rings is 1. The number of hydrogen-bond acceptors (Lipinski definition) is 12. The second-order valence-corrected chi connectivity index (χ2v) is 31.0. The van der Waals surface area contributed by atoms with Crippen LogP contribution < -0.4 is 16.0 Å². The first-order valence-electron chi connectivity index (χ1n) is 37.5. The Labute approximate surface area is 604 Å². The van der Waals surface area contributed by atoms with Crippen LogP contribution >= 0.6 is 11.6 Å². The fraction of sp³-hybridized carbons (Fsp3) is 0.757. The Hall–Kier alpha value is -7.06. The largest absolute Gasteiger partial charge is 0.417 e. The lowest BCUT2D eigenvalue weighted by atomic mass is 9.80. The Morgan fingerprint density at radius 3 is 1.76 bits per heavy atom. The molecule has 4 saturated carbocycles. The first kappa shape index (κ1) is 80.6. The molecule has 568 valence electrons. The summed E-state index contributed by atoms with van der Waals surface area (Å²) in [6.07, 6.45) is 9.87. The first-order chi connectivity index (χ1) is 48.3. The van der Waals surface area contributed by atoms with Gasteiger partial charge in [0.1, 0.15) is 47.8 Å². The highest BCUT2D eigenvalue weighted by atomic mass is 35.5. The Balaban J connectivity index is 1.17. The second-order valence-electron chi connectivity index (χ2n) is 30.6. The monoisotopic (exact) mass is 1450 g/mol. The van der Waals surface area contributed by atoms with Crippen molar-refractivity contribution in [1.29, 1.82) is 0 Å². The predicted octanol–water partition coefficient (Wildman–Crippen LogP) is 6.57. The van der Waals surface area contributed by atoms with Crippen LogP contribution in [-0.2, 0) is 70.1 Å². The molecule has 8 rings (SSSR count). The van der Waals surface area contributed by atoms with E-state index in [2.05, 4.69) is 16.0 Å². The van der Waals surface area contributed by atoms with Crippen LogP contribution in [0.3, 0.4) is 0 Å². The molecule has 0 bridgehead atoms. The van der Waals surface area contributed by atoms with E-state index in [1.54, 1.807) is 11.8 Å². The van der Waals surface area contributed by atoms with Crippen molar-refractivity contribution >= 4 is 82.5 Å². The fourth-order valence-electron chi connectivity index (χ4n) is 16.4. The molecule has 102 heavy (non-hydrogen) atoms. The standard InChI is InChI=1S/C74H112ClF3N12O12/c1-10-47(2)63-70(100)84(5)45-61(93)82(3)46-62(94)86(7)57(42-48-24-14-11-15-25-48)68(98)83(4)44-59(91)79-54(34-32-50-31-33-52(53(75)40-50)74(76,77)78)67(97)90-39-23-30-55(90)66(96)81-73(35-18-19-36-73)72(102)88(9)64(51-28-16-12-17-29-51)71(101)87(8)58(69(99)89-37-20-13-21-38-89)43-60(92)85(6)56(65(95)80-63)41-49-26-22-27-49/h31,33,40,47-49,51,54-58,63-64H,10-30,32,34-39,41-46H2,1-9H3,(H,79,91)(H,80,95)(H,81,96)/t47-,54-,55?,56-,57-,58-,63-,64-/m0/s1. The quantitative estimate of drug-likeness (QED) is 0.212. The summed E-state index contributed by atoms with van der Waals surface area (Å²) in [5, 5.41) is 8.26. The smallest absolute Gasteiger partial charge is 0.343 e. The topological polar surface area (TPSA) is 270 Å². The fourth-order valence-corrected chi connectivity index (χ4v) is 16.8. The SMILES string of the molecule is CC[C@H](C)[C@@H]1NC(=O)[C@H](CC2CCC2)N(C)C(=O)C[C@@H](C(=O)N2CCCCC2)N(C)C(=O)[C@H](C2CCCCC2)N(C)C(=O)C2(CCCC2)NC(=O)C2CCCN2C(=O)[C@H](CCc2ccc(C(F)(F)F)c(Cl)c2)NC(=O)CN(C)C(=O)[C@H](CC2CCCCC2)N(C)C(=O)CN(C)C(=O)CN(C)C1=O. The van der Waals surface area contributed by atoms with Gasteiger partial charge in [-0.25, -0.2) is 0 Å². The molecule has 24 nitrogen and oxygen atoms in total. The summed E-state index contributed by atoms with van der Waals surface area (Å²) in [6, 6.07) is -5.40. The maximum atomic E-state index is 15.9. The van der Waals surface area contributed by atoms with Crippen LogP contribution in [0, 0.1) is 23.7 Å². The molecule has 1 aromatic carbocycles. The number of hydrogen-bond donors (Lipinski definition) is 3. The highest BCUT2D eigenvalue weighted by Gasteiger charge is 2.52. The van der Waals surface area contributed by atoms with E-state index in [0.717, 1.165) is 99.0 Å². The maximum Gasteiger partial charge on any atom is 0.417 e. The summed E-state index contributed by atoms with van der Waals surface area (Å²) in [5.74, 6) is -8.27. The zero-order valence-corrected chi connectivity index (χ0v) is 62.3. The van der Waals surface area contributed by atoms with E-state index in [9.17, 15) is 37.1 Å². The van der Waals surface area contributed by atoms with E-state index < -0.39 is 173 Å². The molecule has 3 aliphatic heterocycles. The molecule has 28 heteroatoms. The summed E-state index contributed by atoms with van der Waals surface area (Å²) in [5.41, 5.74) is -2.33. The van der Waals surface area contributed by atoms with Gasteiger partial charge in [-0.1, -0.05) is 121 Å². The number of halogens is 4. The first-order valence-corrected chi connectivity index (χ1v) is 37.9. The lowest BCUT2D eigenvalue weighted by Gasteiger charge is -2.43. The van der Waals surface area contributed by atoms with Crippen molar-refractivity contribution in [2.75, 3.05) is 88.6 Å². The predicted molar refractivity (Wildman–Crippen MR) is 376 cm³/mol. The second kappa shape index (κ2) is 36.1. The molecule has 7 aliphatic rings. The molecule has 1 aromatic rings. The van der Waals surface area contributed by atoms with Crippen LogP contribution in [0.5, 0.6) is 0 Å². The van der Waals surface area contributed by atoms with E-state index >= 15 is 33.6 Å². The summed E-state index contributed by atoms with van der Waals surface area (Å²) in [6.45, 7) is 2.79. The van der Waals surface area contributed by atoms with Crippen molar-refractivity contribution in [2.24, 2.45) is 23.7 Å². The third-order valence-electron chi connectivity index (χ3n) is 23.4. The van der Waals surface area contributed by atoms with Gasteiger partial charge >= 0.3 is 6.18 Å². The molecule has 0 aromatic heterocycles. The molecule has 7 fully saturated rings. The van der Waals surface area contributed by atoms with Gasteiger partial charge in [0.05, 0.1) is 36.6 Å². The Morgan fingerprint density at radius 2 is 1.17 bits per heavy atom. The summed E-state index contributed by atoms with van der Waals surface area (Å²) in [4.78, 5) is 192. The lowest BCUT2D eigenvalue weighted by Crippen LogP contribution is -2.65. The molecule has 3 saturated heterocycles. The zero-order chi connectivity index (χ0) is 74.5. The van der Waals surface area contributed by atoms with Gasteiger partial charge < -0.3 is 60.0 Å². The average molecular weight is 1450 g/mol. The Kier molecular flexibility index (Phi) is 28.5. The van der Waals surface area contributed by atoms with Crippen LogP contribution in [-0.4, -0.2) is 251 Å². The number of aryl methyl sites for hydroxylation is 1. The number of likely N-dealkylation sites (tertiary alicyclic amines) is 1. The molecular formula is C74H112ClF3N12O12. The Bertz CT molecular complexity index is 3190. The number of carbonyl (C=O) groups is 12. The van der Waals surface area contributed by atoms with Crippen LogP contribution in [0.25, 0.3) is 0 Å². The van der Waals surface area contributed by atoms with E-state index in [4.69, 9.17) is 11.6 Å². The van der Waals surface area contributed by atoms with Gasteiger partial charge in [0, 0.05) is 69.0 Å². The highest BCUT2D eigenvalue weighted by molar-refractivity contribution is 6.31. The minimum atomic E-state index is -4.76. The molecule has 1 unspecified atom stereocenters. The van der Waals surface area contributed by atoms with Crippen molar-refractivity contribution in [2.45, 2.75) is 248 Å². The average Bonchev–Trinajstić information content (AvgIpc) is 1.76. The van der Waals surface area contributed by atoms with E-state index in [-0.39, 0.29) is 63.3 Å². The summed E-state index contributed by atoms with van der Waals surface area (Å²) >= 11 is 6.17. The molecule has 4 aliphatic carbocycles. The van der Waals surface area contributed by atoms with Crippen LogP contribution in [0.4, 0.5) is 13.2 Å². The normalized spacial score (nSPS) is 27.4. The number of piperidine rings is 1. The van der Waals surface area contributed by atoms with Crippen molar-refractivity contribution in [1.82, 2.24) is 60.0 Å². The molecule has 12 amide bonds. The minimum Gasteiger partial charge on any atom is -0.343 e. The van der Waals surface area contributed by atoms with E-state index in [1.807, 2.05) is 6.92 Å². The number of nitrogens with one attached hydrogen (secondary N) is 3. The van der Waals surface area contributed by atoms with E-state index in [0.29, 0.717) is 70.0 Å². The van der Waals surface area contributed by atoms with Crippen molar-refractivity contribution < 1.29 is 70.7 Å². The third-order valence-corrected chi connectivity index (χ3v) is 23.7. The molecule has 0 radical (unpaired) electrons. The lowest BCUT2D eigenvalue weighted by molar-refractivity contribution is -0.157. The highest BCUT2D eigenvalue weighted by Crippen LogP contribution is 2.39. The Morgan fingerprint density at radius 1 is 0.588 bits per heavy atom. The van der Waals surface area contributed by atoms with Crippen LogP contribution in [0.2, 0.25) is 5.02 Å². The number of alkyl halides is 3. The number of carbonyl (C=O) groups excluding carboxylic acids is 12. The van der Waals surface area contributed by atoms with Crippen LogP contribution in [0.15, 0.2) is 18.2 Å². The maximum absolute atomic E-state index is 15.9. The van der Waals surface area contributed by atoms with Crippen molar-refractivity contribution in [3.8, 4) is 0 Å². The number of amides is 12. The van der Waals surface area contributed by atoms with Gasteiger partial charge in [0.2, 0.25) is 70.9 Å². The van der Waals surface area contributed by atoms with E-state index in [1.165, 1.54) is 84.8 Å². The molecule has 3 heterocycles. The van der Waals surface area contributed by atoms with Gasteiger partial charge in [-0.05, 0) is 125 Å². The zero-order valence-electron chi connectivity index (χ0n) is 61.6. The van der Waals surface area contributed by atoms with Gasteiger partial charge in [-0.15, -0.1) is 0 Å². The van der Waals surface area contributed by atoms with Gasteiger partial charge in [-0.3, -0.25) is 57.5 Å². The molecule has 8 atom stereocenters. The molecule has 1 spiro atoms. The van der Waals surface area contributed by atoms with Gasteiger partial charge in [0.25, 0.3) is 0 Å². The van der Waals surface area contributed by atoms with Crippen LogP contribution in [0.1, 0.15) is 198 Å². The van der Waals surface area contributed by atoms with Crippen molar-refractivity contribution in [3.63, 3.8) is 0 Å². The molecule has 3 N–H and O–H groups in total. The third kappa shape index (κ3) is 19.9. The summed E-state index contributed by atoms with van der Waals surface area (Å²) < 4.78 is 41.7. The number of rotatable bonds is 11. The van der Waals surface area contributed by atoms with Gasteiger partial charge in [-0.2, -0.15) is 13.2 Å². The van der Waals surface area contributed by atoms with Gasteiger partial charge in [0.15, 0.2) is 0 Å². The van der Waals surface area contributed by atoms with Crippen molar-refractivity contribution in [3.05, 3.63) is 34.3 Å². The summed E-state index contributed by atoms with van der Waals surface area (Å²) in [7, 11) is 10.1. The number of nitrogens with zero attached hydrogens (tertiary/aromatic N) is 9. The number of fused-ring (bicyclic) bond motifs is 1. The minimum absolute atomic E-state index is 0.0225. The number of likely N-dealkylation sites (N-methyl/N-ethyl adjacent to an activating group) is 7. The molecular weight excluding hydrogens is 1340 g/mol.